The minimum Gasteiger partial charge on any atom is -0.471 e. The molecule has 0 fully saturated rings. The maximum absolute atomic E-state index is 12.8. The van der Waals surface area contributed by atoms with Crippen molar-refractivity contribution in [2.24, 2.45) is 7.05 Å². The lowest BCUT2D eigenvalue weighted by Crippen LogP contribution is -2.23. The zero-order valence-corrected chi connectivity index (χ0v) is 13.0. The van der Waals surface area contributed by atoms with Crippen molar-refractivity contribution in [1.29, 1.82) is 0 Å². The number of hydrogen-bond acceptors (Lipinski definition) is 4. The molecule has 1 aromatic carbocycles. The molecule has 124 valence electrons. The summed E-state index contributed by atoms with van der Waals surface area (Å²) in [4.78, 5) is 12.1. The van der Waals surface area contributed by atoms with Gasteiger partial charge in [-0.1, -0.05) is 0 Å². The van der Waals surface area contributed by atoms with Crippen LogP contribution in [0, 0.1) is 5.82 Å². The van der Waals surface area contributed by atoms with Crippen molar-refractivity contribution in [3.05, 3.63) is 66.0 Å². The van der Waals surface area contributed by atoms with E-state index < -0.39 is 0 Å². The second-order valence-electron chi connectivity index (χ2n) is 5.17. The molecule has 1 amide bonds. The molecule has 0 radical (unpaired) electrons. The number of nitrogens with zero attached hydrogens (tertiary/aromatic N) is 4. The summed E-state index contributed by atoms with van der Waals surface area (Å²) in [7, 11) is 1.81. The highest BCUT2D eigenvalue weighted by Gasteiger charge is 2.10. The van der Waals surface area contributed by atoms with Gasteiger partial charge in [-0.15, -0.1) is 0 Å². The Labute approximate surface area is 137 Å². The summed E-state index contributed by atoms with van der Waals surface area (Å²) in [5.74, 6) is -0.0807. The molecule has 0 aliphatic rings. The zero-order chi connectivity index (χ0) is 16.9. The van der Waals surface area contributed by atoms with E-state index in [1.807, 2.05) is 13.2 Å². The molecule has 0 bridgehead atoms. The van der Waals surface area contributed by atoms with E-state index in [0.717, 1.165) is 5.56 Å². The zero-order valence-electron chi connectivity index (χ0n) is 13.0. The molecule has 0 atom stereocenters. The van der Waals surface area contributed by atoms with Crippen molar-refractivity contribution in [2.45, 2.75) is 13.3 Å². The van der Waals surface area contributed by atoms with Crippen molar-refractivity contribution in [1.82, 2.24) is 24.9 Å². The van der Waals surface area contributed by atoms with Gasteiger partial charge in [0.25, 0.3) is 5.91 Å². The molecule has 7 nitrogen and oxygen atoms in total. The number of halogens is 1. The topological polar surface area (TPSA) is 74.0 Å². The van der Waals surface area contributed by atoms with Crippen LogP contribution in [0.15, 0.2) is 48.9 Å². The molecule has 3 rings (SSSR count). The van der Waals surface area contributed by atoms with Crippen molar-refractivity contribution in [2.75, 3.05) is 0 Å². The largest absolute Gasteiger partial charge is 0.471 e. The Kier molecular flexibility index (Phi) is 4.55. The number of carbonyl (C=O) groups excluding carboxylic acids is 1. The van der Waals surface area contributed by atoms with Crippen LogP contribution in [0.5, 0.6) is 5.75 Å². The summed E-state index contributed by atoms with van der Waals surface area (Å²) in [6, 6.07) is 7.29. The Balaban J connectivity index is 1.52. The maximum Gasteiger partial charge on any atom is 0.272 e. The molecule has 0 aliphatic heterocycles. The van der Waals surface area contributed by atoms with Gasteiger partial charge >= 0.3 is 0 Å². The summed E-state index contributed by atoms with van der Waals surface area (Å²) in [6.45, 7) is 0.507. The third-order valence-electron chi connectivity index (χ3n) is 3.26. The van der Waals surface area contributed by atoms with E-state index >= 15 is 0 Å². The molecule has 3 aromatic rings. The van der Waals surface area contributed by atoms with Gasteiger partial charge in [-0.3, -0.25) is 9.48 Å². The number of nitrogens with one attached hydrogen (secondary N) is 1. The molecule has 1 N–H and O–H groups in total. The lowest BCUT2D eigenvalue weighted by molar-refractivity contribution is 0.0944. The van der Waals surface area contributed by atoms with Crippen LogP contribution in [0.2, 0.25) is 0 Å². The Morgan fingerprint density at radius 2 is 2.08 bits per heavy atom. The normalized spacial score (nSPS) is 10.6. The first-order valence-corrected chi connectivity index (χ1v) is 7.28. The van der Waals surface area contributed by atoms with E-state index in [1.54, 1.807) is 23.1 Å². The van der Waals surface area contributed by atoms with E-state index in [4.69, 9.17) is 4.74 Å². The van der Waals surface area contributed by atoms with Gasteiger partial charge in [0.1, 0.15) is 17.3 Å². The lowest BCUT2D eigenvalue weighted by atomic mass is 10.3. The summed E-state index contributed by atoms with van der Waals surface area (Å²) < 4.78 is 21.4. The fourth-order valence-corrected chi connectivity index (χ4v) is 2.06. The van der Waals surface area contributed by atoms with Gasteiger partial charge in [0.2, 0.25) is 0 Å². The SMILES string of the molecule is Cn1cc(CNC(=O)c2ccn(COc3ccc(F)cc3)n2)cn1. The van der Waals surface area contributed by atoms with Crippen LogP contribution >= 0.6 is 0 Å². The molecule has 0 saturated carbocycles. The molecule has 2 aromatic heterocycles. The second kappa shape index (κ2) is 6.95. The predicted molar refractivity (Wildman–Crippen MR) is 83.6 cm³/mol. The first-order valence-electron chi connectivity index (χ1n) is 7.28. The molecule has 0 spiro atoms. The lowest BCUT2D eigenvalue weighted by Gasteiger charge is -2.05. The van der Waals surface area contributed by atoms with Crippen LogP contribution in [-0.2, 0) is 20.3 Å². The molecule has 2 heterocycles. The standard InChI is InChI=1S/C16H16FN5O2/c1-21-10-12(9-19-21)8-18-16(23)15-6-7-22(20-15)11-24-14-4-2-13(17)3-5-14/h2-7,9-10H,8,11H2,1H3,(H,18,23). The van der Waals surface area contributed by atoms with E-state index in [9.17, 15) is 9.18 Å². The molecule has 0 saturated heterocycles. The predicted octanol–water partition coefficient (Wildman–Crippen LogP) is 1.72. The van der Waals surface area contributed by atoms with Gasteiger partial charge in [-0.2, -0.15) is 10.2 Å². The molecule has 8 heteroatoms. The average Bonchev–Trinajstić information content (AvgIpc) is 3.21. The number of ether oxygens (including phenoxy) is 1. The highest BCUT2D eigenvalue weighted by molar-refractivity contribution is 5.92. The number of rotatable bonds is 6. The third kappa shape index (κ3) is 3.97. The van der Waals surface area contributed by atoms with Gasteiger partial charge in [-0.05, 0) is 30.3 Å². The van der Waals surface area contributed by atoms with E-state index in [2.05, 4.69) is 15.5 Å². The van der Waals surface area contributed by atoms with Crippen LogP contribution in [0.1, 0.15) is 16.1 Å². The fraction of sp³-hybridized carbons (Fsp3) is 0.188. The van der Waals surface area contributed by atoms with Crippen LogP contribution in [0.3, 0.4) is 0 Å². The highest BCUT2D eigenvalue weighted by Crippen LogP contribution is 2.11. The third-order valence-corrected chi connectivity index (χ3v) is 3.26. The average molecular weight is 329 g/mol. The summed E-state index contributed by atoms with van der Waals surface area (Å²) in [5.41, 5.74) is 1.20. The molecular formula is C16H16FN5O2. The van der Waals surface area contributed by atoms with Crippen molar-refractivity contribution in [3.63, 3.8) is 0 Å². The van der Waals surface area contributed by atoms with Gasteiger partial charge in [0.15, 0.2) is 6.73 Å². The molecular weight excluding hydrogens is 313 g/mol. The van der Waals surface area contributed by atoms with Gasteiger partial charge in [-0.25, -0.2) is 9.07 Å². The minimum absolute atomic E-state index is 0.127. The quantitative estimate of drug-likeness (QED) is 0.747. The number of benzene rings is 1. The molecule has 0 aliphatic carbocycles. The van der Waals surface area contributed by atoms with E-state index in [0.29, 0.717) is 18.0 Å². The van der Waals surface area contributed by atoms with Gasteiger partial charge < -0.3 is 10.1 Å². The Hall–Kier alpha value is -3.16. The Morgan fingerprint density at radius 1 is 1.29 bits per heavy atom. The maximum atomic E-state index is 12.8. The van der Waals surface area contributed by atoms with E-state index in [-0.39, 0.29) is 18.5 Å². The Bertz CT molecular complexity index is 825. The number of aryl methyl sites for hydroxylation is 1. The van der Waals surface area contributed by atoms with Gasteiger partial charge in [0.05, 0.1) is 6.20 Å². The highest BCUT2D eigenvalue weighted by atomic mass is 19.1. The monoisotopic (exact) mass is 329 g/mol. The second-order valence-corrected chi connectivity index (χ2v) is 5.17. The van der Waals surface area contributed by atoms with Gasteiger partial charge in [0, 0.05) is 31.5 Å². The number of hydrogen-bond donors (Lipinski definition) is 1. The fourth-order valence-electron chi connectivity index (χ4n) is 2.06. The van der Waals surface area contributed by atoms with Crippen molar-refractivity contribution >= 4 is 5.91 Å². The summed E-state index contributed by atoms with van der Waals surface area (Å²) in [6.07, 6.45) is 5.16. The van der Waals surface area contributed by atoms with Crippen molar-refractivity contribution in [3.8, 4) is 5.75 Å². The summed E-state index contributed by atoms with van der Waals surface area (Å²) >= 11 is 0. The van der Waals surface area contributed by atoms with Crippen molar-refractivity contribution < 1.29 is 13.9 Å². The minimum atomic E-state index is -0.325. The Morgan fingerprint density at radius 3 is 2.79 bits per heavy atom. The van der Waals surface area contributed by atoms with E-state index in [1.165, 1.54) is 28.9 Å². The number of aromatic nitrogens is 4. The smallest absolute Gasteiger partial charge is 0.272 e. The van der Waals surface area contributed by atoms with Crippen LogP contribution < -0.4 is 10.1 Å². The van der Waals surface area contributed by atoms with Crippen LogP contribution in [0.4, 0.5) is 4.39 Å². The summed E-state index contributed by atoms with van der Waals surface area (Å²) in [5, 5.41) is 11.0. The molecule has 0 unspecified atom stereocenters. The van der Waals surface area contributed by atoms with Crippen LogP contribution in [-0.4, -0.2) is 25.5 Å². The first-order chi connectivity index (χ1) is 11.6. The van der Waals surface area contributed by atoms with Crippen LogP contribution in [0.25, 0.3) is 0 Å². The number of amides is 1. The molecule has 24 heavy (non-hydrogen) atoms. The first kappa shape index (κ1) is 15.7. The number of carbonyl (C=O) groups is 1.